The van der Waals surface area contributed by atoms with Gasteiger partial charge in [-0.05, 0) is 49.5 Å². The number of aliphatic hydroxyl groups excluding tert-OH is 1. The fraction of sp³-hybridized carbons (Fsp3) is 0.636. The van der Waals surface area contributed by atoms with Gasteiger partial charge in [0.1, 0.15) is 10.7 Å². The topological polar surface area (TPSA) is 69.2 Å². The van der Waals surface area contributed by atoms with Gasteiger partial charge >= 0.3 is 0 Å². The van der Waals surface area contributed by atoms with E-state index in [9.17, 15) is 9.90 Å². The minimum absolute atomic E-state index is 0.0104. The first-order chi connectivity index (χ1) is 13.4. The molecule has 2 aromatic heterocycles. The van der Waals surface area contributed by atoms with E-state index in [-0.39, 0.29) is 5.56 Å². The van der Waals surface area contributed by atoms with Crippen molar-refractivity contribution in [1.29, 1.82) is 0 Å². The number of rotatable bonds is 9. The van der Waals surface area contributed by atoms with Crippen molar-refractivity contribution >= 4 is 21.6 Å². The fourth-order valence-corrected chi connectivity index (χ4v) is 5.50. The maximum Gasteiger partial charge on any atom is 0.259 e. The summed E-state index contributed by atoms with van der Waals surface area (Å²) < 4.78 is 0. The van der Waals surface area contributed by atoms with Crippen molar-refractivity contribution in [2.24, 2.45) is 11.8 Å². The average molecular weight is 404 g/mol. The van der Waals surface area contributed by atoms with Crippen LogP contribution in [0.5, 0.6) is 0 Å². The molecule has 0 spiro atoms. The summed E-state index contributed by atoms with van der Waals surface area (Å²) in [6.45, 7) is 12.3. The maximum atomic E-state index is 12.8. The van der Waals surface area contributed by atoms with E-state index in [0.717, 1.165) is 42.4 Å². The van der Waals surface area contributed by atoms with Crippen LogP contribution < -0.4 is 5.56 Å². The summed E-state index contributed by atoms with van der Waals surface area (Å²) in [6, 6.07) is 0. The van der Waals surface area contributed by atoms with Gasteiger partial charge in [0.25, 0.3) is 5.56 Å². The maximum absolute atomic E-state index is 12.8. The molecule has 2 aromatic rings. The van der Waals surface area contributed by atoms with Crippen LogP contribution in [0.1, 0.15) is 56.3 Å². The average Bonchev–Trinajstić information content (AvgIpc) is 2.96. The number of aliphatic hydroxyl groups is 1. The van der Waals surface area contributed by atoms with Gasteiger partial charge in [-0.15, -0.1) is 17.9 Å². The SMILES string of the molecule is C=CCC[C@@H](O)CN(Cc1nc2sc3c(c2c(=O)[nH]1)CC[C@@H](C)C3)CC(C)C. The molecule has 154 valence electrons. The predicted molar refractivity (Wildman–Crippen MR) is 117 cm³/mol. The molecule has 5 nitrogen and oxygen atoms in total. The molecule has 1 aliphatic carbocycles. The number of aromatic nitrogens is 2. The van der Waals surface area contributed by atoms with E-state index in [0.29, 0.717) is 37.2 Å². The van der Waals surface area contributed by atoms with Crippen LogP contribution in [-0.2, 0) is 19.4 Å². The molecule has 2 heterocycles. The van der Waals surface area contributed by atoms with Crippen LogP contribution >= 0.6 is 11.3 Å². The molecule has 0 saturated carbocycles. The Kier molecular flexibility index (Phi) is 7.07. The molecule has 28 heavy (non-hydrogen) atoms. The zero-order valence-corrected chi connectivity index (χ0v) is 18.1. The van der Waals surface area contributed by atoms with Gasteiger partial charge in [0, 0.05) is 18.0 Å². The van der Waals surface area contributed by atoms with Gasteiger partial charge in [-0.25, -0.2) is 4.98 Å². The van der Waals surface area contributed by atoms with Crippen LogP contribution in [0.3, 0.4) is 0 Å². The lowest BCUT2D eigenvalue weighted by Gasteiger charge is -2.26. The van der Waals surface area contributed by atoms with Crippen molar-refractivity contribution in [2.45, 2.75) is 65.5 Å². The zero-order valence-electron chi connectivity index (χ0n) is 17.3. The second-order valence-electron chi connectivity index (χ2n) is 8.65. The third-order valence-corrected chi connectivity index (χ3v) is 6.53. The summed E-state index contributed by atoms with van der Waals surface area (Å²) in [5, 5.41) is 11.1. The molecule has 0 radical (unpaired) electrons. The molecule has 0 bridgehead atoms. The molecule has 2 atom stereocenters. The van der Waals surface area contributed by atoms with Crippen LogP contribution in [0.4, 0.5) is 0 Å². The second kappa shape index (κ2) is 9.33. The summed E-state index contributed by atoms with van der Waals surface area (Å²) >= 11 is 1.69. The number of nitrogens with zero attached hydrogens (tertiary/aromatic N) is 2. The number of H-pyrrole nitrogens is 1. The number of hydrogen-bond donors (Lipinski definition) is 2. The molecule has 0 saturated heterocycles. The van der Waals surface area contributed by atoms with Gasteiger partial charge in [0.2, 0.25) is 0 Å². The van der Waals surface area contributed by atoms with E-state index in [1.165, 1.54) is 10.4 Å². The Bertz CT molecular complexity index is 871. The van der Waals surface area contributed by atoms with Crippen LogP contribution in [0.25, 0.3) is 10.2 Å². The Morgan fingerprint density at radius 2 is 2.21 bits per heavy atom. The highest BCUT2D eigenvalue weighted by Crippen LogP contribution is 2.35. The summed E-state index contributed by atoms with van der Waals surface area (Å²) in [4.78, 5) is 25.0. The van der Waals surface area contributed by atoms with Gasteiger partial charge in [-0.2, -0.15) is 0 Å². The molecular formula is C22H33N3O2S. The summed E-state index contributed by atoms with van der Waals surface area (Å²) in [7, 11) is 0. The highest BCUT2D eigenvalue weighted by Gasteiger charge is 2.23. The number of thiophene rings is 1. The highest BCUT2D eigenvalue weighted by molar-refractivity contribution is 7.18. The third kappa shape index (κ3) is 5.10. The molecule has 2 N–H and O–H groups in total. The minimum atomic E-state index is -0.400. The first kappa shape index (κ1) is 21.2. The minimum Gasteiger partial charge on any atom is -0.392 e. The molecule has 0 aliphatic heterocycles. The van der Waals surface area contributed by atoms with E-state index in [2.05, 4.69) is 37.2 Å². The van der Waals surface area contributed by atoms with E-state index >= 15 is 0 Å². The third-order valence-electron chi connectivity index (χ3n) is 5.38. The van der Waals surface area contributed by atoms with E-state index in [4.69, 9.17) is 4.98 Å². The Morgan fingerprint density at radius 1 is 1.43 bits per heavy atom. The number of fused-ring (bicyclic) bond motifs is 3. The standard InChI is InChI=1S/C22H33N3O2S/c1-5-6-7-16(26)12-25(11-14(2)3)13-19-23-21(27)20-17-9-8-15(4)10-18(17)28-22(20)24-19/h5,14-16,26H,1,6-13H2,2-4H3,(H,23,24,27)/t15-,16-/m1/s1. The van der Waals surface area contributed by atoms with Crippen LogP contribution in [0.15, 0.2) is 17.4 Å². The summed E-state index contributed by atoms with van der Waals surface area (Å²) in [5.74, 6) is 1.84. The lowest BCUT2D eigenvalue weighted by atomic mass is 9.89. The van der Waals surface area contributed by atoms with Crippen molar-refractivity contribution in [3.05, 3.63) is 39.3 Å². The molecule has 0 amide bonds. The van der Waals surface area contributed by atoms with Gasteiger partial charge in [-0.1, -0.05) is 26.8 Å². The largest absolute Gasteiger partial charge is 0.392 e. The number of aryl methyl sites for hydroxylation is 1. The quantitative estimate of drug-likeness (QED) is 0.623. The number of nitrogens with one attached hydrogen (secondary N) is 1. The first-order valence-corrected chi connectivity index (χ1v) is 11.2. The van der Waals surface area contributed by atoms with Gasteiger partial charge < -0.3 is 10.1 Å². The smallest absolute Gasteiger partial charge is 0.259 e. The van der Waals surface area contributed by atoms with Crippen LogP contribution in [0.2, 0.25) is 0 Å². The predicted octanol–water partition coefficient (Wildman–Crippen LogP) is 3.89. The van der Waals surface area contributed by atoms with Crippen molar-refractivity contribution in [3.63, 3.8) is 0 Å². The van der Waals surface area contributed by atoms with Crippen molar-refractivity contribution in [1.82, 2.24) is 14.9 Å². The number of aromatic amines is 1. The number of allylic oxidation sites excluding steroid dienone is 1. The zero-order chi connectivity index (χ0) is 20.3. The second-order valence-corrected chi connectivity index (χ2v) is 9.74. The summed E-state index contributed by atoms with van der Waals surface area (Å²) in [6.07, 6.45) is 6.12. The molecule has 3 rings (SSSR count). The van der Waals surface area contributed by atoms with Crippen LogP contribution in [0, 0.1) is 11.8 Å². The lowest BCUT2D eigenvalue weighted by Crippen LogP contribution is -2.35. The molecule has 0 aromatic carbocycles. The van der Waals surface area contributed by atoms with E-state index < -0.39 is 6.10 Å². The Morgan fingerprint density at radius 3 is 2.93 bits per heavy atom. The monoisotopic (exact) mass is 403 g/mol. The Labute approximate surface area is 171 Å². The number of hydrogen-bond acceptors (Lipinski definition) is 5. The Balaban J connectivity index is 1.82. The summed E-state index contributed by atoms with van der Waals surface area (Å²) in [5.41, 5.74) is 1.21. The Hall–Kier alpha value is -1.50. The van der Waals surface area contributed by atoms with Crippen molar-refractivity contribution < 1.29 is 5.11 Å². The highest BCUT2D eigenvalue weighted by atomic mass is 32.1. The normalized spacial score (nSPS) is 18.0. The molecule has 0 unspecified atom stereocenters. The van der Waals surface area contributed by atoms with Gasteiger partial charge in [0.15, 0.2) is 0 Å². The molecule has 6 heteroatoms. The fourth-order valence-electron chi connectivity index (χ4n) is 4.10. The molecule has 1 aliphatic rings. The first-order valence-electron chi connectivity index (χ1n) is 10.4. The van der Waals surface area contributed by atoms with Crippen molar-refractivity contribution in [2.75, 3.05) is 13.1 Å². The van der Waals surface area contributed by atoms with E-state index in [1.54, 1.807) is 11.3 Å². The van der Waals surface area contributed by atoms with Crippen molar-refractivity contribution in [3.8, 4) is 0 Å². The molecule has 0 fully saturated rings. The molecular weight excluding hydrogens is 370 g/mol. The van der Waals surface area contributed by atoms with Crippen LogP contribution in [-0.4, -0.2) is 39.2 Å². The van der Waals surface area contributed by atoms with Gasteiger partial charge in [-0.3, -0.25) is 9.69 Å². The lowest BCUT2D eigenvalue weighted by molar-refractivity contribution is 0.0943. The van der Waals surface area contributed by atoms with E-state index in [1.807, 2.05) is 6.08 Å². The van der Waals surface area contributed by atoms with Gasteiger partial charge in [0.05, 0.1) is 18.0 Å².